The molecule has 1 aromatic carbocycles. The summed E-state index contributed by atoms with van der Waals surface area (Å²) < 4.78 is 29.6. The average molecular weight is 364 g/mol. The number of rotatable bonds is 4. The van der Waals surface area contributed by atoms with Gasteiger partial charge in [0.05, 0.1) is 5.25 Å². The number of carbonyl (C=O) groups excluding carboxylic acids is 1. The number of carbonyl (C=O) groups is 1. The van der Waals surface area contributed by atoms with Crippen LogP contribution in [0.3, 0.4) is 0 Å². The SMILES string of the molecule is CCS(=O)(=O)C1CCN(C(=O)NCc2c(C)oc3ccccc23)CC1. The normalized spacial score (nSPS) is 16.3. The monoisotopic (exact) mass is 364 g/mol. The molecule has 1 saturated heterocycles. The van der Waals surface area contributed by atoms with Gasteiger partial charge in [-0.15, -0.1) is 0 Å². The maximum atomic E-state index is 12.4. The fourth-order valence-electron chi connectivity index (χ4n) is 3.37. The number of fused-ring (bicyclic) bond motifs is 1. The summed E-state index contributed by atoms with van der Waals surface area (Å²) in [5.74, 6) is 0.964. The number of amides is 2. The highest BCUT2D eigenvalue weighted by Crippen LogP contribution is 2.25. The van der Waals surface area contributed by atoms with Crippen LogP contribution in [0.2, 0.25) is 0 Å². The number of urea groups is 1. The topological polar surface area (TPSA) is 79.6 Å². The second-order valence-electron chi connectivity index (χ2n) is 6.43. The van der Waals surface area contributed by atoms with Crippen molar-refractivity contribution in [2.75, 3.05) is 18.8 Å². The van der Waals surface area contributed by atoms with Gasteiger partial charge < -0.3 is 14.6 Å². The van der Waals surface area contributed by atoms with E-state index < -0.39 is 9.84 Å². The van der Waals surface area contributed by atoms with E-state index >= 15 is 0 Å². The Bertz CT molecular complexity index is 864. The maximum Gasteiger partial charge on any atom is 0.317 e. The van der Waals surface area contributed by atoms with Crippen LogP contribution in [0.25, 0.3) is 11.0 Å². The van der Waals surface area contributed by atoms with E-state index in [-0.39, 0.29) is 17.0 Å². The lowest BCUT2D eigenvalue weighted by Crippen LogP contribution is -2.46. The summed E-state index contributed by atoms with van der Waals surface area (Å²) in [6, 6.07) is 7.60. The zero-order valence-corrected chi connectivity index (χ0v) is 15.4. The van der Waals surface area contributed by atoms with Crippen LogP contribution in [-0.2, 0) is 16.4 Å². The summed E-state index contributed by atoms with van der Waals surface area (Å²) in [4.78, 5) is 14.1. The third kappa shape index (κ3) is 3.66. The first-order valence-electron chi connectivity index (χ1n) is 8.63. The van der Waals surface area contributed by atoms with Crippen LogP contribution in [0.1, 0.15) is 31.1 Å². The molecule has 0 saturated carbocycles. The molecule has 0 atom stereocenters. The van der Waals surface area contributed by atoms with Crippen LogP contribution >= 0.6 is 0 Å². The molecule has 1 aliphatic rings. The molecular formula is C18H24N2O4S. The Morgan fingerprint density at radius 2 is 1.96 bits per heavy atom. The van der Waals surface area contributed by atoms with Crippen molar-refractivity contribution >= 4 is 26.8 Å². The fourth-order valence-corrected chi connectivity index (χ4v) is 4.77. The highest BCUT2D eigenvalue weighted by atomic mass is 32.2. The molecule has 2 heterocycles. The van der Waals surface area contributed by atoms with Crippen LogP contribution < -0.4 is 5.32 Å². The van der Waals surface area contributed by atoms with Gasteiger partial charge in [-0.2, -0.15) is 0 Å². The molecule has 3 rings (SSSR count). The lowest BCUT2D eigenvalue weighted by atomic mass is 10.1. The predicted octanol–water partition coefficient (Wildman–Crippen LogP) is 2.85. The van der Waals surface area contributed by atoms with Crippen LogP contribution in [0, 0.1) is 6.92 Å². The molecule has 0 radical (unpaired) electrons. The van der Waals surface area contributed by atoms with Crippen molar-refractivity contribution in [2.45, 2.75) is 38.5 Å². The molecule has 0 unspecified atom stereocenters. The first-order chi connectivity index (χ1) is 11.9. The molecule has 7 heteroatoms. The summed E-state index contributed by atoms with van der Waals surface area (Å²) in [5.41, 5.74) is 1.79. The minimum Gasteiger partial charge on any atom is -0.461 e. The van der Waals surface area contributed by atoms with Crippen LogP contribution in [0.5, 0.6) is 0 Å². The molecule has 0 spiro atoms. The van der Waals surface area contributed by atoms with Gasteiger partial charge in [0.1, 0.15) is 11.3 Å². The smallest absolute Gasteiger partial charge is 0.317 e. The molecule has 0 aliphatic carbocycles. The van der Waals surface area contributed by atoms with Gasteiger partial charge in [-0.25, -0.2) is 13.2 Å². The van der Waals surface area contributed by atoms with Crippen LogP contribution in [0.4, 0.5) is 4.79 Å². The van der Waals surface area contributed by atoms with Gasteiger partial charge in [-0.3, -0.25) is 0 Å². The molecule has 6 nitrogen and oxygen atoms in total. The number of piperidine rings is 1. The van der Waals surface area contributed by atoms with E-state index in [0.717, 1.165) is 22.3 Å². The molecule has 25 heavy (non-hydrogen) atoms. The number of benzene rings is 1. The Labute approximate surface area is 148 Å². The molecule has 0 bridgehead atoms. The van der Waals surface area contributed by atoms with Gasteiger partial charge in [-0.1, -0.05) is 25.1 Å². The third-order valence-electron chi connectivity index (χ3n) is 4.96. The third-order valence-corrected chi connectivity index (χ3v) is 7.25. The minimum atomic E-state index is -3.02. The summed E-state index contributed by atoms with van der Waals surface area (Å²) in [6.07, 6.45) is 1.02. The molecule has 2 aromatic rings. The number of hydrogen-bond acceptors (Lipinski definition) is 4. The van der Waals surface area contributed by atoms with Gasteiger partial charge in [0.2, 0.25) is 0 Å². The molecular weight excluding hydrogens is 340 g/mol. The maximum absolute atomic E-state index is 12.4. The number of likely N-dealkylation sites (tertiary alicyclic amines) is 1. The molecule has 136 valence electrons. The second-order valence-corrected chi connectivity index (χ2v) is 9.00. The molecule has 1 N–H and O–H groups in total. The van der Waals surface area contributed by atoms with Crippen molar-refractivity contribution in [3.05, 3.63) is 35.6 Å². The number of hydrogen-bond donors (Lipinski definition) is 1. The van der Waals surface area contributed by atoms with Crippen molar-refractivity contribution in [1.29, 1.82) is 0 Å². The van der Waals surface area contributed by atoms with Gasteiger partial charge in [-0.05, 0) is 25.8 Å². The number of nitrogens with zero attached hydrogens (tertiary/aromatic N) is 1. The number of aryl methyl sites for hydroxylation is 1. The van der Waals surface area contributed by atoms with Gasteiger partial charge in [0, 0.05) is 36.3 Å². The lowest BCUT2D eigenvalue weighted by Gasteiger charge is -2.31. The van der Waals surface area contributed by atoms with Gasteiger partial charge in [0.15, 0.2) is 9.84 Å². The Balaban J connectivity index is 1.59. The molecule has 1 aromatic heterocycles. The molecule has 2 amide bonds. The summed E-state index contributed by atoms with van der Waals surface area (Å²) >= 11 is 0. The second kappa shape index (κ2) is 7.07. The quantitative estimate of drug-likeness (QED) is 0.905. The molecule has 1 aliphatic heterocycles. The van der Waals surface area contributed by atoms with Crippen molar-refractivity contribution < 1.29 is 17.6 Å². The first-order valence-corrected chi connectivity index (χ1v) is 10.3. The zero-order valence-electron chi connectivity index (χ0n) is 14.6. The van der Waals surface area contributed by atoms with Crippen molar-refractivity contribution in [3.63, 3.8) is 0 Å². The minimum absolute atomic E-state index is 0.156. The Kier molecular flexibility index (Phi) is 5.03. The first kappa shape index (κ1) is 17.8. The van der Waals surface area contributed by atoms with E-state index in [2.05, 4.69) is 5.32 Å². The van der Waals surface area contributed by atoms with E-state index in [0.29, 0.717) is 32.5 Å². The highest BCUT2D eigenvalue weighted by Gasteiger charge is 2.30. The number of sulfone groups is 1. The van der Waals surface area contributed by atoms with Gasteiger partial charge in [0.25, 0.3) is 0 Å². The molecule has 1 fully saturated rings. The van der Waals surface area contributed by atoms with E-state index in [4.69, 9.17) is 4.42 Å². The Morgan fingerprint density at radius 3 is 2.64 bits per heavy atom. The van der Waals surface area contributed by atoms with Crippen LogP contribution in [0.15, 0.2) is 28.7 Å². The Hall–Kier alpha value is -2.02. The average Bonchev–Trinajstić information content (AvgIpc) is 2.95. The predicted molar refractivity (Wildman–Crippen MR) is 97.2 cm³/mol. The van der Waals surface area contributed by atoms with E-state index in [1.165, 1.54) is 0 Å². The summed E-state index contributed by atoms with van der Waals surface area (Å²) in [5, 5.41) is 3.62. The number of furan rings is 1. The zero-order chi connectivity index (χ0) is 18.0. The van der Waals surface area contributed by atoms with Crippen LogP contribution in [-0.4, -0.2) is 43.4 Å². The van der Waals surface area contributed by atoms with E-state index in [9.17, 15) is 13.2 Å². The summed E-state index contributed by atoms with van der Waals surface area (Å²) in [6.45, 7) is 4.91. The number of nitrogens with one attached hydrogen (secondary N) is 1. The van der Waals surface area contributed by atoms with Gasteiger partial charge >= 0.3 is 6.03 Å². The van der Waals surface area contributed by atoms with E-state index in [1.54, 1.807) is 11.8 Å². The lowest BCUT2D eigenvalue weighted by molar-refractivity contribution is 0.186. The van der Waals surface area contributed by atoms with Crippen molar-refractivity contribution in [1.82, 2.24) is 10.2 Å². The standard InChI is InChI=1S/C18H24N2O4S/c1-3-25(22,23)14-8-10-20(11-9-14)18(21)19-12-16-13(2)24-17-7-5-4-6-15(16)17/h4-7,14H,3,8-12H2,1-2H3,(H,19,21). The van der Waals surface area contributed by atoms with Crippen molar-refractivity contribution in [3.8, 4) is 0 Å². The van der Waals surface area contributed by atoms with E-state index in [1.807, 2.05) is 31.2 Å². The largest absolute Gasteiger partial charge is 0.461 e. The summed E-state index contributed by atoms with van der Waals surface area (Å²) in [7, 11) is -3.02. The highest BCUT2D eigenvalue weighted by molar-refractivity contribution is 7.92. The Morgan fingerprint density at radius 1 is 1.28 bits per heavy atom. The van der Waals surface area contributed by atoms with Crippen molar-refractivity contribution in [2.24, 2.45) is 0 Å². The fraction of sp³-hybridized carbons (Fsp3) is 0.500. The number of para-hydroxylation sites is 1.